The molecule has 0 saturated heterocycles. The molecule has 7 heteroatoms. The molecule has 0 aliphatic rings. The smallest absolute Gasteiger partial charge is 0.264 e. The van der Waals surface area contributed by atoms with Crippen LogP contribution in [0.1, 0.15) is 11.5 Å². The molecule has 17 heavy (non-hydrogen) atoms. The van der Waals surface area contributed by atoms with E-state index < -0.39 is 0 Å². The van der Waals surface area contributed by atoms with E-state index in [0.29, 0.717) is 20.7 Å². The van der Waals surface area contributed by atoms with E-state index in [1.807, 2.05) is 13.8 Å². The van der Waals surface area contributed by atoms with E-state index in [1.165, 1.54) is 11.8 Å². The number of hydrogen-bond donors (Lipinski definition) is 0. The van der Waals surface area contributed by atoms with Gasteiger partial charge < -0.3 is 9.15 Å². The second kappa shape index (κ2) is 5.05. The van der Waals surface area contributed by atoms with Crippen LogP contribution in [0.15, 0.2) is 25.5 Å². The molecule has 0 N–H and O–H groups in total. The predicted molar refractivity (Wildman–Crippen MR) is 66.4 cm³/mol. The number of hydrogen-bond acceptors (Lipinski definition) is 6. The third-order valence-corrected chi connectivity index (χ3v) is 3.34. The van der Waals surface area contributed by atoms with Gasteiger partial charge in [0.15, 0.2) is 5.16 Å². The molecule has 0 bridgehead atoms. The number of aromatic nitrogens is 3. The van der Waals surface area contributed by atoms with E-state index in [9.17, 15) is 0 Å². The fourth-order valence-electron chi connectivity index (χ4n) is 1.09. The van der Waals surface area contributed by atoms with E-state index >= 15 is 0 Å². The lowest BCUT2D eigenvalue weighted by Crippen LogP contribution is -1.93. The van der Waals surface area contributed by atoms with Crippen molar-refractivity contribution < 1.29 is 9.15 Å². The molecule has 0 fully saturated rings. The van der Waals surface area contributed by atoms with Crippen molar-refractivity contribution >= 4 is 27.7 Å². The number of halogens is 1. The lowest BCUT2D eigenvalue weighted by Gasteiger charge is -2.02. The fourth-order valence-corrected chi connectivity index (χ4v) is 2.19. The van der Waals surface area contributed by atoms with E-state index in [2.05, 4.69) is 30.9 Å². The van der Waals surface area contributed by atoms with Crippen LogP contribution in [0.4, 0.5) is 0 Å². The summed E-state index contributed by atoms with van der Waals surface area (Å²) in [5, 5.41) is 1.07. The molecule has 0 aromatic carbocycles. The Balaban J connectivity index is 2.24. The van der Waals surface area contributed by atoms with Gasteiger partial charge in [-0.3, -0.25) is 0 Å². The molecular weight excluding hydrogens is 306 g/mol. The summed E-state index contributed by atoms with van der Waals surface area (Å²) in [5.74, 6) is 1.29. The van der Waals surface area contributed by atoms with E-state index in [4.69, 9.17) is 9.15 Å². The second-order valence-corrected chi connectivity index (χ2v) is 5.01. The van der Waals surface area contributed by atoms with Crippen molar-refractivity contribution in [3.8, 4) is 5.88 Å². The van der Waals surface area contributed by atoms with Crippen LogP contribution in [0, 0.1) is 13.8 Å². The quantitative estimate of drug-likeness (QED) is 0.811. The molecule has 5 nitrogen and oxygen atoms in total. The van der Waals surface area contributed by atoms with Crippen LogP contribution in [0.3, 0.4) is 0 Å². The Labute approximate surface area is 111 Å². The molecule has 0 saturated carbocycles. The summed E-state index contributed by atoms with van der Waals surface area (Å²) in [6.07, 6.45) is 1.64. The highest BCUT2D eigenvalue weighted by atomic mass is 79.9. The SMILES string of the molecule is COc1nc(Sc2nc(C)c(C)o2)ncc1Br. The zero-order chi connectivity index (χ0) is 12.4. The Morgan fingerprint density at radius 1 is 1.35 bits per heavy atom. The second-order valence-electron chi connectivity index (χ2n) is 3.23. The van der Waals surface area contributed by atoms with Gasteiger partial charge in [-0.1, -0.05) is 0 Å². The molecule has 0 radical (unpaired) electrons. The molecule has 0 aliphatic heterocycles. The van der Waals surface area contributed by atoms with Gasteiger partial charge in [-0.25, -0.2) is 9.97 Å². The average molecular weight is 316 g/mol. The first-order chi connectivity index (χ1) is 8.10. The van der Waals surface area contributed by atoms with E-state index in [0.717, 1.165) is 11.5 Å². The summed E-state index contributed by atoms with van der Waals surface area (Å²) < 4.78 is 11.2. The number of methoxy groups -OCH3 is 1. The van der Waals surface area contributed by atoms with Crippen molar-refractivity contribution in [3.05, 3.63) is 22.1 Å². The maximum absolute atomic E-state index is 5.44. The van der Waals surface area contributed by atoms with Gasteiger partial charge in [0.05, 0.1) is 17.3 Å². The summed E-state index contributed by atoms with van der Waals surface area (Å²) >= 11 is 4.55. The van der Waals surface area contributed by atoms with Crippen molar-refractivity contribution in [2.45, 2.75) is 24.2 Å². The van der Waals surface area contributed by atoms with Gasteiger partial charge in [0.1, 0.15) is 5.76 Å². The highest BCUT2D eigenvalue weighted by molar-refractivity contribution is 9.10. The number of ether oxygens (including phenoxy) is 1. The molecule has 2 aromatic heterocycles. The number of nitrogens with zero attached hydrogens (tertiary/aromatic N) is 3. The van der Waals surface area contributed by atoms with E-state index in [-0.39, 0.29) is 0 Å². The van der Waals surface area contributed by atoms with Crippen LogP contribution in [0.5, 0.6) is 5.88 Å². The van der Waals surface area contributed by atoms with Gasteiger partial charge in [-0.05, 0) is 29.8 Å². The third kappa shape index (κ3) is 2.78. The molecule has 0 amide bonds. The van der Waals surface area contributed by atoms with Gasteiger partial charge in [-0.15, -0.1) is 0 Å². The van der Waals surface area contributed by atoms with Gasteiger partial charge in [0.25, 0.3) is 5.22 Å². The monoisotopic (exact) mass is 315 g/mol. The lowest BCUT2D eigenvalue weighted by atomic mass is 10.4. The summed E-state index contributed by atoms with van der Waals surface area (Å²) in [4.78, 5) is 12.6. The normalized spacial score (nSPS) is 10.6. The minimum atomic E-state index is 0.488. The van der Waals surface area contributed by atoms with Gasteiger partial charge >= 0.3 is 0 Å². The third-order valence-electron chi connectivity index (χ3n) is 2.07. The van der Waals surface area contributed by atoms with Gasteiger partial charge in [0, 0.05) is 18.0 Å². The van der Waals surface area contributed by atoms with Crippen LogP contribution < -0.4 is 4.74 Å². The van der Waals surface area contributed by atoms with Crippen LogP contribution in [-0.4, -0.2) is 22.1 Å². The molecular formula is C10H10BrN3O2S. The molecule has 0 aliphatic carbocycles. The average Bonchev–Trinajstić information content (AvgIpc) is 2.61. The number of aryl methyl sites for hydroxylation is 2. The molecule has 2 rings (SSSR count). The first-order valence-electron chi connectivity index (χ1n) is 4.78. The Hall–Kier alpha value is -1.08. The predicted octanol–water partition coefficient (Wildman–Crippen LogP) is 3.00. The molecule has 2 aromatic rings. The number of rotatable bonds is 3. The maximum Gasteiger partial charge on any atom is 0.264 e. The fraction of sp³-hybridized carbons (Fsp3) is 0.300. The first kappa shape index (κ1) is 12.4. The van der Waals surface area contributed by atoms with Crippen LogP contribution >= 0.6 is 27.7 Å². The van der Waals surface area contributed by atoms with Gasteiger partial charge in [0.2, 0.25) is 5.88 Å². The standard InChI is InChI=1S/C10H10BrN3O2S/c1-5-6(2)16-10(13-5)17-9-12-4-7(11)8(14-9)15-3/h4H,1-3H3. The van der Waals surface area contributed by atoms with Crippen molar-refractivity contribution in [3.63, 3.8) is 0 Å². The van der Waals surface area contributed by atoms with Crippen LogP contribution in [0.25, 0.3) is 0 Å². The summed E-state index contributed by atoms with van der Waals surface area (Å²) in [6.45, 7) is 3.77. The summed E-state index contributed by atoms with van der Waals surface area (Å²) in [7, 11) is 1.56. The zero-order valence-corrected chi connectivity index (χ0v) is 11.9. The molecule has 90 valence electrons. The van der Waals surface area contributed by atoms with Crippen LogP contribution in [-0.2, 0) is 0 Å². The Morgan fingerprint density at radius 2 is 2.12 bits per heavy atom. The Bertz CT molecular complexity index is 525. The molecule has 0 spiro atoms. The first-order valence-corrected chi connectivity index (χ1v) is 6.39. The minimum Gasteiger partial charge on any atom is -0.480 e. The molecule has 0 unspecified atom stereocenters. The summed E-state index contributed by atoms with van der Waals surface area (Å²) in [5.41, 5.74) is 0.872. The van der Waals surface area contributed by atoms with Crippen molar-refractivity contribution in [1.82, 2.24) is 15.0 Å². The minimum absolute atomic E-state index is 0.488. The Kier molecular flexibility index (Phi) is 3.68. The molecule has 2 heterocycles. The maximum atomic E-state index is 5.44. The zero-order valence-electron chi connectivity index (χ0n) is 9.52. The van der Waals surface area contributed by atoms with Crippen molar-refractivity contribution in [2.75, 3.05) is 7.11 Å². The lowest BCUT2D eigenvalue weighted by molar-refractivity contribution is 0.388. The Morgan fingerprint density at radius 3 is 2.71 bits per heavy atom. The topological polar surface area (TPSA) is 61.0 Å². The molecule has 0 atom stereocenters. The number of oxazole rings is 1. The summed E-state index contributed by atoms with van der Waals surface area (Å²) in [6, 6.07) is 0. The van der Waals surface area contributed by atoms with Crippen molar-refractivity contribution in [1.29, 1.82) is 0 Å². The van der Waals surface area contributed by atoms with Crippen LogP contribution in [0.2, 0.25) is 0 Å². The van der Waals surface area contributed by atoms with Gasteiger partial charge in [-0.2, -0.15) is 4.98 Å². The van der Waals surface area contributed by atoms with Crippen molar-refractivity contribution in [2.24, 2.45) is 0 Å². The highest BCUT2D eigenvalue weighted by Gasteiger charge is 2.11. The largest absolute Gasteiger partial charge is 0.480 e. The highest BCUT2D eigenvalue weighted by Crippen LogP contribution is 2.29. The van der Waals surface area contributed by atoms with E-state index in [1.54, 1.807) is 13.3 Å².